The van der Waals surface area contributed by atoms with Gasteiger partial charge in [0, 0.05) is 22.3 Å². The van der Waals surface area contributed by atoms with Gasteiger partial charge in [-0.1, -0.05) is 28.4 Å². The number of hydrogen-bond acceptors (Lipinski definition) is 2. The highest BCUT2D eigenvalue weighted by Crippen LogP contribution is 2.29. The van der Waals surface area contributed by atoms with Crippen molar-refractivity contribution in [2.75, 3.05) is 6.26 Å². The summed E-state index contributed by atoms with van der Waals surface area (Å²) in [6.07, 6.45) is 6.06. The minimum absolute atomic E-state index is 0.191. The maximum Gasteiger partial charge on any atom is 0.124 e. The van der Waals surface area contributed by atoms with Gasteiger partial charge in [0.05, 0.1) is 0 Å². The quantitative estimate of drug-likeness (QED) is 0.902. The molecule has 0 heterocycles. The molecule has 0 spiro atoms. The van der Waals surface area contributed by atoms with Crippen LogP contribution in [0.5, 0.6) is 0 Å². The van der Waals surface area contributed by atoms with Crippen LogP contribution in [0.4, 0.5) is 4.39 Å². The molecule has 1 saturated carbocycles. The summed E-state index contributed by atoms with van der Waals surface area (Å²) >= 11 is 5.35. The molecule has 1 N–H and O–H groups in total. The molecule has 1 aliphatic rings. The fourth-order valence-electron chi connectivity index (χ4n) is 2.35. The highest BCUT2D eigenvalue weighted by molar-refractivity contribution is 9.10. The molecule has 0 radical (unpaired) electrons. The van der Waals surface area contributed by atoms with Gasteiger partial charge in [-0.3, -0.25) is 0 Å². The first kappa shape index (κ1) is 13.4. The zero-order chi connectivity index (χ0) is 12.3. The van der Waals surface area contributed by atoms with Crippen LogP contribution in [-0.4, -0.2) is 17.5 Å². The van der Waals surface area contributed by atoms with Crippen molar-refractivity contribution in [2.45, 2.75) is 37.1 Å². The first-order valence-corrected chi connectivity index (χ1v) is 7.99. The normalized spacial score (nSPS) is 24.2. The maximum absolute atomic E-state index is 13.0. The number of thioether (sulfide) groups is 1. The Bertz CT molecular complexity index is 386. The van der Waals surface area contributed by atoms with Crippen LogP contribution in [0.15, 0.2) is 22.7 Å². The average Bonchev–Trinajstić information content (AvgIpc) is 2.75. The van der Waals surface area contributed by atoms with Crippen LogP contribution in [0, 0.1) is 5.82 Å². The molecule has 0 saturated heterocycles. The van der Waals surface area contributed by atoms with E-state index in [0.29, 0.717) is 6.04 Å². The van der Waals surface area contributed by atoms with E-state index in [2.05, 4.69) is 27.5 Å². The van der Waals surface area contributed by atoms with Crippen molar-refractivity contribution in [3.8, 4) is 0 Å². The largest absolute Gasteiger partial charge is 0.309 e. The molecule has 0 aliphatic heterocycles. The van der Waals surface area contributed by atoms with E-state index in [-0.39, 0.29) is 5.82 Å². The molecular weight excluding hydrogens is 301 g/mol. The summed E-state index contributed by atoms with van der Waals surface area (Å²) in [6, 6.07) is 5.48. The van der Waals surface area contributed by atoms with Gasteiger partial charge in [0.1, 0.15) is 5.82 Å². The average molecular weight is 318 g/mol. The lowest BCUT2D eigenvalue weighted by molar-refractivity contribution is 0.531. The molecule has 1 aliphatic carbocycles. The van der Waals surface area contributed by atoms with Crippen LogP contribution < -0.4 is 5.32 Å². The molecule has 1 aromatic carbocycles. The van der Waals surface area contributed by atoms with Gasteiger partial charge >= 0.3 is 0 Å². The minimum atomic E-state index is -0.191. The number of halogens is 2. The maximum atomic E-state index is 13.0. The van der Waals surface area contributed by atoms with Gasteiger partial charge in [-0.25, -0.2) is 4.39 Å². The lowest BCUT2D eigenvalue weighted by Gasteiger charge is -2.19. The first-order valence-electron chi connectivity index (χ1n) is 5.91. The number of nitrogens with one attached hydrogen (secondary N) is 1. The Morgan fingerprint density at radius 1 is 1.47 bits per heavy atom. The van der Waals surface area contributed by atoms with Crippen molar-refractivity contribution >= 4 is 27.7 Å². The molecule has 0 aromatic heterocycles. The van der Waals surface area contributed by atoms with Crippen molar-refractivity contribution < 1.29 is 4.39 Å². The van der Waals surface area contributed by atoms with Gasteiger partial charge in [0.15, 0.2) is 0 Å². The second-order valence-corrected chi connectivity index (χ2v) is 6.36. The third kappa shape index (κ3) is 3.46. The van der Waals surface area contributed by atoms with Crippen LogP contribution in [-0.2, 0) is 6.54 Å². The van der Waals surface area contributed by atoms with Crippen molar-refractivity contribution in [3.63, 3.8) is 0 Å². The van der Waals surface area contributed by atoms with Crippen molar-refractivity contribution in [2.24, 2.45) is 0 Å². The molecule has 0 bridgehead atoms. The second-order valence-electron chi connectivity index (χ2n) is 4.43. The predicted molar refractivity (Wildman–Crippen MR) is 75.9 cm³/mol. The van der Waals surface area contributed by atoms with Gasteiger partial charge in [0.25, 0.3) is 0 Å². The summed E-state index contributed by atoms with van der Waals surface area (Å²) in [6.45, 7) is 0.808. The van der Waals surface area contributed by atoms with Crippen molar-refractivity contribution in [3.05, 3.63) is 34.1 Å². The van der Waals surface area contributed by atoms with Gasteiger partial charge in [-0.2, -0.15) is 11.8 Å². The lowest BCUT2D eigenvalue weighted by Crippen LogP contribution is -2.33. The summed E-state index contributed by atoms with van der Waals surface area (Å²) in [5.74, 6) is -0.191. The molecule has 2 rings (SSSR count). The topological polar surface area (TPSA) is 12.0 Å². The Morgan fingerprint density at radius 3 is 3.00 bits per heavy atom. The van der Waals surface area contributed by atoms with E-state index in [9.17, 15) is 4.39 Å². The zero-order valence-corrected chi connectivity index (χ0v) is 12.3. The Hall–Kier alpha value is -0.0600. The molecule has 0 amide bonds. The fourth-order valence-corrected chi connectivity index (χ4v) is 3.80. The summed E-state index contributed by atoms with van der Waals surface area (Å²) in [5.41, 5.74) is 1.12. The van der Waals surface area contributed by atoms with Gasteiger partial charge < -0.3 is 5.32 Å². The van der Waals surface area contributed by atoms with E-state index in [4.69, 9.17) is 0 Å². The van der Waals surface area contributed by atoms with Gasteiger partial charge in [-0.05, 0) is 36.8 Å². The van der Waals surface area contributed by atoms with E-state index in [1.165, 1.54) is 31.4 Å². The highest BCUT2D eigenvalue weighted by atomic mass is 79.9. The van der Waals surface area contributed by atoms with Crippen LogP contribution in [0.25, 0.3) is 0 Å². The van der Waals surface area contributed by atoms with Crippen LogP contribution in [0.3, 0.4) is 0 Å². The van der Waals surface area contributed by atoms with E-state index in [0.717, 1.165) is 21.8 Å². The third-order valence-corrected chi connectivity index (χ3v) is 5.23. The van der Waals surface area contributed by atoms with Crippen LogP contribution in [0.2, 0.25) is 0 Å². The Labute approximate surface area is 115 Å². The molecule has 1 fully saturated rings. The summed E-state index contributed by atoms with van der Waals surface area (Å²) < 4.78 is 13.8. The number of hydrogen-bond donors (Lipinski definition) is 1. The first-order chi connectivity index (χ1) is 8.20. The standard InChI is InChI=1S/C13H17BrFNS/c1-17-13-4-2-3-12(13)16-8-9-5-6-10(15)7-11(9)14/h5-7,12-13,16H,2-4,8H2,1H3. The monoisotopic (exact) mass is 317 g/mol. The molecule has 1 aromatic rings. The molecule has 2 atom stereocenters. The highest BCUT2D eigenvalue weighted by Gasteiger charge is 2.25. The summed E-state index contributed by atoms with van der Waals surface area (Å²) in [5, 5.41) is 4.32. The smallest absolute Gasteiger partial charge is 0.124 e. The van der Waals surface area contributed by atoms with E-state index >= 15 is 0 Å². The summed E-state index contributed by atoms with van der Waals surface area (Å²) in [7, 11) is 0. The van der Waals surface area contributed by atoms with Crippen molar-refractivity contribution in [1.82, 2.24) is 5.32 Å². The van der Waals surface area contributed by atoms with E-state index in [1.807, 2.05) is 17.8 Å². The Balaban J connectivity index is 1.93. The molecular formula is C13H17BrFNS. The van der Waals surface area contributed by atoms with Gasteiger partial charge in [-0.15, -0.1) is 0 Å². The van der Waals surface area contributed by atoms with E-state index < -0.39 is 0 Å². The third-order valence-electron chi connectivity index (χ3n) is 3.33. The number of rotatable bonds is 4. The zero-order valence-electron chi connectivity index (χ0n) is 9.88. The minimum Gasteiger partial charge on any atom is -0.309 e. The van der Waals surface area contributed by atoms with E-state index in [1.54, 1.807) is 0 Å². The SMILES string of the molecule is CSC1CCCC1NCc1ccc(F)cc1Br. The molecule has 2 unspecified atom stereocenters. The Kier molecular flexibility index (Phi) is 4.88. The van der Waals surface area contributed by atoms with Crippen LogP contribution in [0.1, 0.15) is 24.8 Å². The van der Waals surface area contributed by atoms with Crippen molar-refractivity contribution in [1.29, 1.82) is 0 Å². The number of benzene rings is 1. The lowest BCUT2D eigenvalue weighted by atomic mass is 10.2. The molecule has 94 valence electrons. The second kappa shape index (κ2) is 6.21. The molecule has 1 nitrogen and oxygen atoms in total. The van der Waals surface area contributed by atoms with Crippen LogP contribution >= 0.6 is 27.7 Å². The summed E-state index contributed by atoms with van der Waals surface area (Å²) in [4.78, 5) is 0. The van der Waals surface area contributed by atoms with Gasteiger partial charge in [0.2, 0.25) is 0 Å². The fraction of sp³-hybridized carbons (Fsp3) is 0.538. The molecule has 4 heteroatoms. The Morgan fingerprint density at radius 2 is 2.29 bits per heavy atom. The molecule has 17 heavy (non-hydrogen) atoms. The predicted octanol–water partition coefficient (Wildman–Crippen LogP) is 3.96.